The summed E-state index contributed by atoms with van der Waals surface area (Å²) < 4.78 is 7.71. The average molecular weight is 296 g/mol. The number of rotatable bonds is 4. The average Bonchev–Trinajstić information content (AvgIpc) is 2.92. The number of nitrogens with one attached hydrogen (secondary N) is 1. The molecular formula is C15H12N4OS. The summed E-state index contributed by atoms with van der Waals surface area (Å²) in [7, 11) is 0. The van der Waals surface area contributed by atoms with Crippen LogP contribution in [0.25, 0.3) is 0 Å². The predicted molar refractivity (Wildman–Crippen MR) is 83.4 cm³/mol. The van der Waals surface area contributed by atoms with E-state index in [0.29, 0.717) is 4.77 Å². The summed E-state index contributed by atoms with van der Waals surface area (Å²) in [5, 5.41) is 10.7. The highest BCUT2D eigenvalue weighted by Gasteiger charge is 1.97. The molecule has 3 aromatic rings. The molecule has 21 heavy (non-hydrogen) atoms. The van der Waals surface area contributed by atoms with E-state index in [0.717, 1.165) is 17.1 Å². The lowest BCUT2D eigenvalue weighted by molar-refractivity contribution is 0.482. The summed E-state index contributed by atoms with van der Waals surface area (Å²) in [5.74, 6) is 1.55. The number of hydrogen-bond acceptors (Lipinski definition) is 4. The molecule has 104 valence electrons. The third-order valence-corrected chi connectivity index (χ3v) is 2.98. The Bertz CT molecular complexity index is 808. The monoisotopic (exact) mass is 296 g/mol. The number of ether oxygens (including phenoxy) is 1. The fraction of sp³-hybridized carbons (Fsp3) is 0. The Hall–Kier alpha value is -2.73. The Kier molecular flexibility index (Phi) is 3.88. The van der Waals surface area contributed by atoms with Gasteiger partial charge in [0.05, 0.1) is 6.21 Å². The molecule has 0 aliphatic heterocycles. The smallest absolute Gasteiger partial charge is 0.216 e. The molecule has 0 spiro atoms. The summed E-state index contributed by atoms with van der Waals surface area (Å²) in [6.45, 7) is 0. The van der Waals surface area contributed by atoms with Crippen molar-refractivity contribution in [2.75, 3.05) is 0 Å². The SMILES string of the molecule is S=c1[nH]ncn1/N=C/c1cccc(Oc2ccccc2)c1. The Morgan fingerprint density at radius 2 is 1.90 bits per heavy atom. The highest BCUT2D eigenvalue weighted by Crippen LogP contribution is 2.21. The molecule has 0 radical (unpaired) electrons. The number of para-hydroxylation sites is 1. The first-order chi connectivity index (χ1) is 10.3. The van der Waals surface area contributed by atoms with Gasteiger partial charge in [-0.05, 0) is 42.0 Å². The fourth-order valence-electron chi connectivity index (χ4n) is 1.74. The predicted octanol–water partition coefficient (Wildman–Crippen LogP) is 3.62. The van der Waals surface area contributed by atoms with Crippen LogP contribution in [0.3, 0.4) is 0 Å². The molecule has 0 saturated heterocycles. The lowest BCUT2D eigenvalue weighted by Crippen LogP contribution is -1.90. The highest BCUT2D eigenvalue weighted by molar-refractivity contribution is 7.71. The van der Waals surface area contributed by atoms with E-state index in [2.05, 4.69) is 15.3 Å². The number of aromatic nitrogens is 3. The van der Waals surface area contributed by atoms with Crippen molar-refractivity contribution < 1.29 is 4.74 Å². The second-order valence-corrected chi connectivity index (χ2v) is 4.62. The molecular weight excluding hydrogens is 284 g/mol. The van der Waals surface area contributed by atoms with Gasteiger partial charge in [-0.25, -0.2) is 0 Å². The van der Waals surface area contributed by atoms with Crippen molar-refractivity contribution >= 4 is 18.4 Å². The quantitative estimate of drug-likeness (QED) is 0.591. The summed E-state index contributed by atoms with van der Waals surface area (Å²) in [6, 6.07) is 17.3. The van der Waals surface area contributed by atoms with E-state index in [1.807, 2.05) is 54.6 Å². The van der Waals surface area contributed by atoms with Gasteiger partial charge in [0.15, 0.2) is 0 Å². The Morgan fingerprint density at radius 3 is 2.67 bits per heavy atom. The molecule has 6 heteroatoms. The Morgan fingerprint density at radius 1 is 1.10 bits per heavy atom. The molecule has 0 atom stereocenters. The van der Waals surface area contributed by atoms with Gasteiger partial charge < -0.3 is 4.74 Å². The van der Waals surface area contributed by atoms with Crippen LogP contribution in [-0.2, 0) is 0 Å². The minimum Gasteiger partial charge on any atom is -0.457 e. The van der Waals surface area contributed by atoms with E-state index in [-0.39, 0.29) is 0 Å². The maximum absolute atomic E-state index is 5.77. The second kappa shape index (κ2) is 6.15. The van der Waals surface area contributed by atoms with Crippen LogP contribution in [0.15, 0.2) is 66.0 Å². The van der Waals surface area contributed by atoms with Crippen molar-refractivity contribution in [1.82, 2.24) is 14.9 Å². The van der Waals surface area contributed by atoms with Crippen LogP contribution in [0.4, 0.5) is 0 Å². The zero-order chi connectivity index (χ0) is 14.5. The van der Waals surface area contributed by atoms with E-state index < -0.39 is 0 Å². The molecule has 0 bridgehead atoms. The van der Waals surface area contributed by atoms with Crippen LogP contribution in [0.1, 0.15) is 5.56 Å². The maximum atomic E-state index is 5.77. The molecule has 2 aromatic carbocycles. The van der Waals surface area contributed by atoms with E-state index in [9.17, 15) is 0 Å². The molecule has 0 amide bonds. The normalized spacial score (nSPS) is 10.9. The van der Waals surface area contributed by atoms with Gasteiger partial charge in [0.25, 0.3) is 0 Å². The van der Waals surface area contributed by atoms with Crippen molar-refractivity contribution in [2.45, 2.75) is 0 Å². The third-order valence-electron chi connectivity index (χ3n) is 2.70. The van der Waals surface area contributed by atoms with Gasteiger partial charge in [-0.1, -0.05) is 30.3 Å². The lowest BCUT2D eigenvalue weighted by Gasteiger charge is -2.05. The molecule has 1 heterocycles. The molecule has 0 unspecified atom stereocenters. The van der Waals surface area contributed by atoms with Gasteiger partial charge in [0, 0.05) is 0 Å². The van der Waals surface area contributed by atoms with Crippen molar-refractivity contribution in [2.24, 2.45) is 5.10 Å². The molecule has 0 aliphatic carbocycles. The van der Waals surface area contributed by atoms with Gasteiger partial charge in [-0.2, -0.15) is 14.9 Å². The molecule has 0 aliphatic rings. The first kappa shape index (κ1) is 13.3. The van der Waals surface area contributed by atoms with Crippen LogP contribution in [0, 0.1) is 4.77 Å². The lowest BCUT2D eigenvalue weighted by atomic mass is 10.2. The van der Waals surface area contributed by atoms with E-state index in [1.165, 1.54) is 11.0 Å². The molecule has 0 fully saturated rings. The van der Waals surface area contributed by atoms with Crippen LogP contribution < -0.4 is 4.74 Å². The van der Waals surface area contributed by atoms with Gasteiger partial charge in [-0.3, -0.25) is 5.10 Å². The minimum absolute atomic E-state index is 0.447. The second-order valence-electron chi connectivity index (χ2n) is 4.24. The third kappa shape index (κ3) is 3.43. The first-order valence-corrected chi connectivity index (χ1v) is 6.71. The fourth-order valence-corrected chi connectivity index (χ4v) is 1.88. The maximum Gasteiger partial charge on any atom is 0.216 e. The largest absolute Gasteiger partial charge is 0.457 e. The summed E-state index contributed by atoms with van der Waals surface area (Å²) in [6.07, 6.45) is 3.21. The van der Waals surface area contributed by atoms with Crippen LogP contribution in [0.2, 0.25) is 0 Å². The molecule has 1 aromatic heterocycles. The number of benzene rings is 2. The van der Waals surface area contributed by atoms with Crippen LogP contribution in [0.5, 0.6) is 11.5 Å². The molecule has 3 rings (SSSR count). The van der Waals surface area contributed by atoms with E-state index >= 15 is 0 Å². The highest BCUT2D eigenvalue weighted by atomic mass is 32.1. The summed E-state index contributed by atoms with van der Waals surface area (Å²) in [5.41, 5.74) is 0.909. The number of aromatic amines is 1. The van der Waals surface area contributed by atoms with Crippen molar-refractivity contribution in [3.8, 4) is 11.5 Å². The van der Waals surface area contributed by atoms with Crippen LogP contribution >= 0.6 is 12.2 Å². The van der Waals surface area contributed by atoms with E-state index in [1.54, 1.807) is 6.21 Å². The Labute approximate surface area is 126 Å². The molecule has 5 nitrogen and oxygen atoms in total. The van der Waals surface area contributed by atoms with Crippen molar-refractivity contribution in [3.05, 3.63) is 71.3 Å². The number of H-pyrrole nitrogens is 1. The zero-order valence-electron chi connectivity index (χ0n) is 11.0. The van der Waals surface area contributed by atoms with Gasteiger partial charge in [0.1, 0.15) is 17.8 Å². The summed E-state index contributed by atoms with van der Waals surface area (Å²) >= 11 is 5.02. The van der Waals surface area contributed by atoms with Gasteiger partial charge in [0.2, 0.25) is 4.77 Å². The number of hydrogen-bond donors (Lipinski definition) is 1. The van der Waals surface area contributed by atoms with Gasteiger partial charge >= 0.3 is 0 Å². The number of nitrogens with zero attached hydrogens (tertiary/aromatic N) is 3. The molecule has 0 saturated carbocycles. The topological polar surface area (TPSA) is 55.2 Å². The van der Waals surface area contributed by atoms with Crippen LogP contribution in [-0.4, -0.2) is 21.1 Å². The Balaban J connectivity index is 1.79. The van der Waals surface area contributed by atoms with Crippen molar-refractivity contribution in [1.29, 1.82) is 0 Å². The standard InChI is InChI=1S/C15H12N4OS/c21-15-18-16-11-19(15)17-10-12-5-4-8-14(9-12)20-13-6-2-1-3-7-13/h1-11H,(H,18,21)/b17-10+. The summed E-state index contributed by atoms with van der Waals surface area (Å²) in [4.78, 5) is 0. The molecule has 1 N–H and O–H groups in total. The zero-order valence-corrected chi connectivity index (χ0v) is 11.8. The van der Waals surface area contributed by atoms with E-state index in [4.69, 9.17) is 17.0 Å². The van der Waals surface area contributed by atoms with Crippen molar-refractivity contribution in [3.63, 3.8) is 0 Å². The first-order valence-electron chi connectivity index (χ1n) is 6.30. The van der Waals surface area contributed by atoms with Gasteiger partial charge in [-0.15, -0.1) is 0 Å². The minimum atomic E-state index is 0.447.